The van der Waals surface area contributed by atoms with E-state index < -0.39 is 72.0 Å². The van der Waals surface area contributed by atoms with Gasteiger partial charge < -0.3 is 14.2 Å². The van der Waals surface area contributed by atoms with Crippen LogP contribution in [0, 0.1) is 5.92 Å². The Kier molecular flexibility index (Phi) is 8.71. The Balaban J connectivity index is 1.72. The molecule has 2 aliphatic rings. The lowest BCUT2D eigenvalue weighted by Gasteiger charge is -2.28. The standard InChI is InChI=1S/C27H25F9N2O5/c1-3-41-23(39)38(12-15-4-5-15)21-7-6-20(43-27(34,35)36)10-17(21)13-37-14(2)22(42-24(37)40)16-8-18(25(28,29)30)11-19(9-16)26(31,32)33/h6-11,14-15,22H,3-5,12-13H2,1-2H3/t14-,22-/m0/s1. The molecule has 1 heterocycles. The Morgan fingerprint density at radius 1 is 0.977 bits per heavy atom. The van der Waals surface area contributed by atoms with Crippen LogP contribution in [0.15, 0.2) is 36.4 Å². The number of benzene rings is 2. The maximum absolute atomic E-state index is 13.4. The first-order valence-electron chi connectivity index (χ1n) is 13.0. The molecule has 2 aromatic rings. The summed E-state index contributed by atoms with van der Waals surface area (Å²) in [7, 11) is 0. The minimum Gasteiger partial charge on any atom is -0.449 e. The molecule has 1 aliphatic heterocycles. The molecule has 2 fully saturated rings. The van der Waals surface area contributed by atoms with Crippen molar-refractivity contribution in [3.8, 4) is 5.75 Å². The molecular weight excluding hydrogens is 603 g/mol. The molecule has 236 valence electrons. The van der Waals surface area contributed by atoms with E-state index in [-0.39, 0.29) is 36.4 Å². The molecule has 0 spiro atoms. The van der Waals surface area contributed by atoms with Crippen molar-refractivity contribution < 1.29 is 63.3 Å². The van der Waals surface area contributed by atoms with Crippen LogP contribution >= 0.6 is 0 Å². The monoisotopic (exact) mass is 628 g/mol. The van der Waals surface area contributed by atoms with Gasteiger partial charge in [-0.05, 0) is 80.1 Å². The Hall–Kier alpha value is -3.85. The average molecular weight is 628 g/mol. The van der Waals surface area contributed by atoms with Gasteiger partial charge in [-0.2, -0.15) is 26.3 Å². The minimum absolute atomic E-state index is 0.0152. The fraction of sp³-hybridized carbons (Fsp3) is 0.481. The molecule has 0 bridgehead atoms. The highest BCUT2D eigenvalue weighted by atomic mass is 19.4. The summed E-state index contributed by atoms with van der Waals surface area (Å²) < 4.78 is 134. The van der Waals surface area contributed by atoms with Crippen molar-refractivity contribution in [3.63, 3.8) is 0 Å². The Bertz CT molecular complexity index is 1320. The number of hydrogen-bond acceptors (Lipinski definition) is 5. The van der Waals surface area contributed by atoms with Crippen LogP contribution in [0.2, 0.25) is 0 Å². The number of carbonyl (C=O) groups is 2. The van der Waals surface area contributed by atoms with E-state index in [9.17, 15) is 49.1 Å². The highest BCUT2D eigenvalue weighted by Gasteiger charge is 2.44. The molecule has 2 atom stereocenters. The number of nitrogens with zero attached hydrogens (tertiary/aromatic N) is 2. The predicted octanol–water partition coefficient (Wildman–Crippen LogP) is 8.08. The number of carbonyl (C=O) groups excluding carboxylic acids is 2. The van der Waals surface area contributed by atoms with E-state index in [0.717, 1.165) is 29.9 Å². The number of anilines is 1. The van der Waals surface area contributed by atoms with Gasteiger partial charge in [0.15, 0.2) is 0 Å². The van der Waals surface area contributed by atoms with Crippen molar-refractivity contribution in [1.82, 2.24) is 4.90 Å². The maximum atomic E-state index is 13.4. The Morgan fingerprint density at radius 3 is 2.09 bits per heavy atom. The SMILES string of the molecule is CCOC(=O)N(CC1CC1)c1ccc(OC(F)(F)F)cc1CN1C(=O)O[C@H](c2cc(C(F)(F)F)cc(C(F)(F)F)c2)[C@@H]1C. The van der Waals surface area contributed by atoms with Gasteiger partial charge in [0.25, 0.3) is 0 Å². The highest BCUT2D eigenvalue weighted by molar-refractivity contribution is 5.89. The highest BCUT2D eigenvalue weighted by Crippen LogP contribution is 2.42. The van der Waals surface area contributed by atoms with Gasteiger partial charge in [-0.25, -0.2) is 9.59 Å². The van der Waals surface area contributed by atoms with Crippen LogP contribution < -0.4 is 9.64 Å². The van der Waals surface area contributed by atoms with Crippen molar-refractivity contribution in [2.75, 3.05) is 18.1 Å². The number of ether oxygens (including phenoxy) is 3. The molecule has 43 heavy (non-hydrogen) atoms. The third kappa shape index (κ3) is 7.76. The van der Waals surface area contributed by atoms with E-state index in [2.05, 4.69) is 4.74 Å². The van der Waals surface area contributed by atoms with Gasteiger partial charge in [0, 0.05) is 6.54 Å². The molecule has 2 aromatic carbocycles. The van der Waals surface area contributed by atoms with Crippen LogP contribution in [0.25, 0.3) is 0 Å². The third-order valence-corrected chi connectivity index (χ3v) is 6.87. The van der Waals surface area contributed by atoms with E-state index in [0.29, 0.717) is 12.1 Å². The lowest BCUT2D eigenvalue weighted by molar-refractivity contribution is -0.274. The quantitative estimate of drug-likeness (QED) is 0.277. The zero-order valence-electron chi connectivity index (χ0n) is 22.6. The predicted molar refractivity (Wildman–Crippen MR) is 131 cm³/mol. The van der Waals surface area contributed by atoms with Crippen molar-refractivity contribution >= 4 is 17.9 Å². The van der Waals surface area contributed by atoms with Gasteiger partial charge in [0.2, 0.25) is 0 Å². The fourth-order valence-electron chi connectivity index (χ4n) is 4.67. The molecule has 0 unspecified atom stereocenters. The van der Waals surface area contributed by atoms with Gasteiger partial charge in [-0.3, -0.25) is 9.80 Å². The number of hydrogen-bond donors (Lipinski definition) is 0. The maximum Gasteiger partial charge on any atom is 0.573 e. The lowest BCUT2D eigenvalue weighted by atomic mass is 9.97. The Labute approximate surface area is 239 Å². The lowest BCUT2D eigenvalue weighted by Crippen LogP contribution is -2.36. The van der Waals surface area contributed by atoms with Gasteiger partial charge >= 0.3 is 30.9 Å². The van der Waals surface area contributed by atoms with Crippen LogP contribution in [0.3, 0.4) is 0 Å². The molecule has 0 N–H and O–H groups in total. The average Bonchev–Trinajstić information content (AvgIpc) is 3.66. The molecular formula is C27H25F9N2O5. The number of amides is 2. The van der Waals surface area contributed by atoms with Crippen molar-refractivity contribution in [2.45, 2.75) is 64.1 Å². The molecule has 16 heteroatoms. The molecule has 4 rings (SSSR count). The van der Waals surface area contributed by atoms with Gasteiger partial charge in [0.1, 0.15) is 11.9 Å². The molecule has 2 amide bonds. The van der Waals surface area contributed by atoms with Crippen LogP contribution in [0.4, 0.5) is 54.8 Å². The van der Waals surface area contributed by atoms with E-state index in [1.807, 2.05) is 0 Å². The van der Waals surface area contributed by atoms with Crippen LogP contribution in [0.1, 0.15) is 55.0 Å². The summed E-state index contributed by atoms with van der Waals surface area (Å²) in [4.78, 5) is 27.8. The zero-order chi connectivity index (χ0) is 31.9. The van der Waals surface area contributed by atoms with Crippen LogP contribution in [-0.2, 0) is 28.4 Å². The third-order valence-electron chi connectivity index (χ3n) is 6.87. The molecule has 1 aliphatic carbocycles. The van der Waals surface area contributed by atoms with Gasteiger partial charge in [-0.15, -0.1) is 13.2 Å². The van der Waals surface area contributed by atoms with Gasteiger partial charge in [-0.1, -0.05) is 0 Å². The first-order valence-corrected chi connectivity index (χ1v) is 13.0. The van der Waals surface area contributed by atoms with Crippen molar-refractivity contribution in [2.24, 2.45) is 5.92 Å². The number of alkyl halides is 9. The van der Waals surface area contributed by atoms with Crippen LogP contribution in [0.5, 0.6) is 5.75 Å². The van der Waals surface area contributed by atoms with E-state index in [4.69, 9.17) is 9.47 Å². The van der Waals surface area contributed by atoms with Crippen LogP contribution in [-0.4, -0.2) is 42.6 Å². The molecule has 0 radical (unpaired) electrons. The minimum atomic E-state index is -5.15. The summed E-state index contributed by atoms with van der Waals surface area (Å²) in [6, 6.07) is 2.69. The van der Waals surface area contributed by atoms with E-state index in [1.165, 1.54) is 17.9 Å². The fourth-order valence-corrected chi connectivity index (χ4v) is 4.67. The number of rotatable bonds is 8. The second kappa shape index (κ2) is 11.7. The largest absolute Gasteiger partial charge is 0.573 e. The van der Waals surface area contributed by atoms with Crippen molar-refractivity contribution in [1.29, 1.82) is 0 Å². The van der Waals surface area contributed by atoms with E-state index in [1.54, 1.807) is 6.92 Å². The van der Waals surface area contributed by atoms with E-state index >= 15 is 0 Å². The van der Waals surface area contributed by atoms with Crippen molar-refractivity contribution in [3.05, 3.63) is 58.7 Å². The molecule has 1 saturated carbocycles. The second-order valence-electron chi connectivity index (χ2n) is 10.1. The first kappa shape index (κ1) is 32.1. The summed E-state index contributed by atoms with van der Waals surface area (Å²) in [6.07, 6.45) is -17.4. The smallest absolute Gasteiger partial charge is 0.449 e. The summed E-state index contributed by atoms with van der Waals surface area (Å²) in [6.45, 7) is 2.45. The second-order valence-corrected chi connectivity index (χ2v) is 10.1. The summed E-state index contributed by atoms with van der Waals surface area (Å²) in [5.41, 5.74) is -3.77. The molecule has 0 aromatic heterocycles. The van der Waals surface area contributed by atoms with Gasteiger partial charge in [0.05, 0.1) is 36.0 Å². The molecule has 1 saturated heterocycles. The number of halogens is 9. The summed E-state index contributed by atoms with van der Waals surface area (Å²) in [5.74, 6) is -0.599. The topological polar surface area (TPSA) is 68.3 Å². The Morgan fingerprint density at radius 2 is 1.58 bits per heavy atom. The summed E-state index contributed by atoms with van der Waals surface area (Å²) >= 11 is 0. The first-order chi connectivity index (χ1) is 19.9. The normalized spacial score (nSPS) is 19.3. The molecule has 7 nitrogen and oxygen atoms in total. The number of cyclic esters (lactones) is 1. The zero-order valence-corrected chi connectivity index (χ0v) is 22.6. The summed E-state index contributed by atoms with van der Waals surface area (Å²) in [5, 5.41) is 0.